The van der Waals surface area contributed by atoms with Gasteiger partial charge in [-0.05, 0) is 0 Å². The van der Waals surface area contributed by atoms with E-state index in [0.717, 1.165) is 0 Å². The Kier molecular flexibility index (Phi) is 24.8. The summed E-state index contributed by atoms with van der Waals surface area (Å²) in [5.74, 6) is -2.88. The fourth-order valence-electron chi connectivity index (χ4n) is 0. The van der Waals surface area contributed by atoms with Crippen LogP contribution in [-0.4, -0.2) is 35.4 Å². The van der Waals surface area contributed by atoms with Crippen molar-refractivity contribution >= 4 is 11.9 Å². The summed E-state index contributed by atoms with van der Waals surface area (Å²) in [4.78, 5) is 18.0. The Morgan fingerprint density at radius 3 is 1.08 bits per heavy atom. The van der Waals surface area contributed by atoms with Gasteiger partial charge in [0, 0.05) is 0 Å². The second-order valence-electron chi connectivity index (χ2n) is 1.14. The zero-order chi connectivity index (χ0) is 11.3. The SMILES string of the molecule is O=C([O-])CO.O=C([O-])CO.[O]=[U+2]=[O]. The molecular weight excluding hydrogens is 414 g/mol. The van der Waals surface area contributed by atoms with E-state index in [9.17, 15) is 0 Å². The van der Waals surface area contributed by atoms with Crippen LogP contribution in [-0.2, 0) is 14.1 Å². The average Bonchev–Trinajstić information content (AvgIpc) is 2.07. The van der Waals surface area contributed by atoms with Crippen LogP contribution in [0.5, 0.6) is 0 Å². The van der Waals surface area contributed by atoms with Gasteiger partial charge in [0.1, 0.15) is 0 Å². The fourth-order valence-corrected chi connectivity index (χ4v) is 0. The Labute approximate surface area is 87.4 Å². The van der Waals surface area contributed by atoms with Crippen LogP contribution in [0.3, 0.4) is 0 Å². The molecule has 0 aromatic carbocycles. The van der Waals surface area contributed by atoms with Gasteiger partial charge in [-0.15, -0.1) is 0 Å². The van der Waals surface area contributed by atoms with Crippen molar-refractivity contribution in [2.45, 2.75) is 0 Å². The van der Waals surface area contributed by atoms with Gasteiger partial charge in [0.15, 0.2) is 0 Å². The summed E-state index contributed by atoms with van der Waals surface area (Å²) < 4.78 is 17.2. The van der Waals surface area contributed by atoms with Gasteiger partial charge in [0.25, 0.3) is 0 Å². The van der Waals surface area contributed by atoms with Crippen LogP contribution in [0.1, 0.15) is 0 Å². The Hall–Kier alpha value is -0.488. The molecule has 8 nitrogen and oxygen atoms in total. The number of rotatable bonds is 2. The Morgan fingerprint density at radius 1 is 1.00 bits per heavy atom. The second kappa shape index (κ2) is 17.6. The van der Waals surface area contributed by atoms with E-state index in [-0.39, 0.29) is 0 Å². The molecule has 74 valence electrons. The maximum absolute atomic E-state index is 9.01. The molecule has 0 amide bonds. The molecule has 0 aliphatic carbocycles. The molecule has 0 aromatic heterocycles. The third kappa shape index (κ3) is 84.4. The van der Waals surface area contributed by atoms with E-state index in [2.05, 4.69) is 0 Å². The number of aliphatic hydroxyl groups excluding tert-OH is 2. The first-order chi connectivity index (χ1) is 5.95. The number of carboxylic acid groups (broad SMARTS) is 2. The predicted octanol–water partition coefficient (Wildman–Crippen LogP) is -4.78. The molecule has 0 aliphatic rings. The number of aliphatic hydroxyl groups is 2. The molecule has 0 unspecified atom stereocenters. The summed E-state index contributed by atoms with van der Waals surface area (Å²) in [6.45, 7) is -1.78. The van der Waals surface area contributed by atoms with Gasteiger partial charge in [-0.25, -0.2) is 0 Å². The van der Waals surface area contributed by atoms with Crippen molar-refractivity contribution in [3.05, 3.63) is 0 Å². The summed E-state index contributed by atoms with van der Waals surface area (Å²) in [6, 6.07) is 0. The molecule has 13 heavy (non-hydrogen) atoms. The molecular formula is C4H6O8U. The zero-order valence-electron chi connectivity index (χ0n) is 6.26. The molecule has 0 fully saturated rings. The minimum absolute atomic E-state index is 0.889. The number of hydrogen-bond donors (Lipinski definition) is 2. The van der Waals surface area contributed by atoms with Gasteiger partial charge in [0.2, 0.25) is 0 Å². The summed E-state index contributed by atoms with van der Waals surface area (Å²) in [7, 11) is 0. The third-order valence-corrected chi connectivity index (χ3v) is 0.258. The molecule has 0 bridgehead atoms. The summed E-state index contributed by atoms with van der Waals surface area (Å²) in [6.07, 6.45) is 0. The molecule has 0 radical (unpaired) electrons. The van der Waals surface area contributed by atoms with E-state index < -0.39 is 53.0 Å². The molecule has 0 heterocycles. The molecule has 0 saturated heterocycles. The van der Waals surface area contributed by atoms with Crippen molar-refractivity contribution in [2.24, 2.45) is 0 Å². The van der Waals surface area contributed by atoms with Gasteiger partial charge in [-0.3, -0.25) is 0 Å². The van der Waals surface area contributed by atoms with Crippen LogP contribution in [0.2, 0.25) is 0 Å². The molecule has 0 atom stereocenters. The number of carbonyl (C=O) groups excluding carboxylic acids is 2. The topological polar surface area (TPSA) is 155 Å². The van der Waals surface area contributed by atoms with Gasteiger partial charge in [-0.1, -0.05) is 0 Å². The van der Waals surface area contributed by atoms with Crippen LogP contribution < -0.4 is 10.2 Å². The second-order valence-corrected chi connectivity index (χ2v) is 1.84. The number of carboxylic acids is 2. The number of aliphatic carboxylic acids is 2. The first kappa shape index (κ1) is 18.3. The van der Waals surface area contributed by atoms with Crippen molar-refractivity contribution in [1.82, 2.24) is 0 Å². The van der Waals surface area contributed by atoms with E-state index >= 15 is 0 Å². The summed E-state index contributed by atoms with van der Waals surface area (Å²) in [5, 5.41) is 33.0. The molecule has 9 heteroatoms. The van der Waals surface area contributed by atoms with Crippen LogP contribution in [0.15, 0.2) is 0 Å². The van der Waals surface area contributed by atoms with Crippen LogP contribution in [0, 0.1) is 27.8 Å². The van der Waals surface area contributed by atoms with Gasteiger partial charge >= 0.3 is 32.3 Å². The van der Waals surface area contributed by atoms with E-state index in [0.29, 0.717) is 0 Å². The van der Waals surface area contributed by atoms with E-state index in [1.165, 1.54) is 0 Å². The van der Waals surface area contributed by atoms with E-state index in [1.807, 2.05) is 0 Å². The van der Waals surface area contributed by atoms with E-state index in [1.54, 1.807) is 0 Å². The van der Waals surface area contributed by atoms with E-state index in [4.69, 9.17) is 34.5 Å². The molecule has 0 spiro atoms. The minimum atomic E-state index is -2.51. The van der Waals surface area contributed by atoms with Crippen LogP contribution in [0.25, 0.3) is 0 Å². The van der Waals surface area contributed by atoms with Crippen molar-refractivity contribution in [1.29, 1.82) is 0 Å². The fraction of sp³-hybridized carbons (Fsp3) is 0.500. The average molecular weight is 420 g/mol. The Balaban J connectivity index is -0.000000120. The van der Waals surface area contributed by atoms with Gasteiger partial charge < -0.3 is 30.0 Å². The molecule has 0 saturated carbocycles. The first-order valence-electron chi connectivity index (χ1n) is 2.56. The normalized spacial score (nSPS) is 6.31. The maximum atomic E-state index is 9.01. The molecule has 0 rings (SSSR count). The monoisotopic (exact) mass is 420 g/mol. The number of carbonyl (C=O) groups is 2. The zero-order valence-corrected chi connectivity index (χ0v) is 10.4. The summed E-state index contributed by atoms with van der Waals surface area (Å²) >= 11 is -2.51. The van der Waals surface area contributed by atoms with Gasteiger partial charge in [-0.2, -0.15) is 0 Å². The van der Waals surface area contributed by atoms with Crippen LogP contribution in [0.4, 0.5) is 0 Å². The quantitative estimate of drug-likeness (QED) is 0.451. The molecule has 0 aromatic rings. The third-order valence-electron chi connectivity index (χ3n) is 0.258. The van der Waals surface area contributed by atoms with Crippen molar-refractivity contribution in [3.63, 3.8) is 0 Å². The van der Waals surface area contributed by atoms with Crippen molar-refractivity contribution < 1.29 is 62.3 Å². The first-order valence-corrected chi connectivity index (χ1v) is 5.96. The van der Waals surface area contributed by atoms with Crippen molar-refractivity contribution in [3.8, 4) is 0 Å². The molecule has 0 aliphatic heterocycles. The summed E-state index contributed by atoms with van der Waals surface area (Å²) in [5.41, 5.74) is 0. The predicted molar refractivity (Wildman–Crippen MR) is 25.6 cm³/mol. The Bertz CT molecular complexity index is 157. The standard InChI is InChI=1S/2C2H4O3.2O.U/c2*3-1-2(4)5;;;/h2*3H,1H2,(H,4,5);;;/q;;;;+2/p-2. The van der Waals surface area contributed by atoms with Crippen molar-refractivity contribution in [2.75, 3.05) is 13.2 Å². The van der Waals surface area contributed by atoms with Gasteiger partial charge in [0.05, 0.1) is 25.2 Å². The Morgan fingerprint density at radius 2 is 1.08 bits per heavy atom. The molecule has 2 N–H and O–H groups in total. The van der Waals surface area contributed by atoms with Crippen LogP contribution >= 0.6 is 0 Å². The number of hydrogen-bond acceptors (Lipinski definition) is 8.